The Labute approximate surface area is 125 Å². The number of thioether (sulfide) groups is 1. The van der Waals surface area contributed by atoms with E-state index in [-0.39, 0.29) is 22.8 Å². The zero-order valence-corrected chi connectivity index (χ0v) is 12.3. The smallest absolute Gasteiger partial charge is 0.176 e. The van der Waals surface area contributed by atoms with Crippen LogP contribution in [0.1, 0.15) is 10.4 Å². The van der Waals surface area contributed by atoms with E-state index in [1.54, 1.807) is 24.3 Å². The van der Waals surface area contributed by atoms with Crippen molar-refractivity contribution in [3.63, 3.8) is 0 Å². The van der Waals surface area contributed by atoms with E-state index in [0.717, 1.165) is 4.90 Å². The molecule has 0 radical (unpaired) electrons. The third-order valence-electron chi connectivity index (χ3n) is 2.65. The Bertz CT molecular complexity index is 631. The zero-order valence-electron chi connectivity index (χ0n) is 10.7. The average Bonchev–Trinajstić information content (AvgIpc) is 2.45. The maximum absolute atomic E-state index is 13.9. The number of hydrogen-bond acceptors (Lipinski definition) is 3. The van der Waals surface area contributed by atoms with Crippen molar-refractivity contribution in [2.24, 2.45) is 0 Å². The predicted molar refractivity (Wildman–Crippen MR) is 79.5 cm³/mol. The molecule has 0 saturated carbocycles. The van der Waals surface area contributed by atoms with Gasteiger partial charge < -0.3 is 4.74 Å². The fraction of sp³-hybridized carbons (Fsp3) is 0.133. The molecule has 2 nitrogen and oxygen atoms in total. The molecule has 2 aromatic carbocycles. The molecule has 0 atom stereocenters. The van der Waals surface area contributed by atoms with Gasteiger partial charge in [0.15, 0.2) is 17.3 Å². The van der Waals surface area contributed by atoms with E-state index < -0.39 is 5.82 Å². The SMILES string of the molecule is COc1cccc(C(=O)CSc2cccc(Cl)c2)c1F. The van der Waals surface area contributed by atoms with Crippen molar-refractivity contribution in [2.45, 2.75) is 4.90 Å². The third-order valence-corrected chi connectivity index (χ3v) is 3.88. The van der Waals surface area contributed by atoms with Crippen LogP contribution >= 0.6 is 23.4 Å². The van der Waals surface area contributed by atoms with Crippen LogP contribution < -0.4 is 4.74 Å². The summed E-state index contributed by atoms with van der Waals surface area (Å²) in [6.07, 6.45) is 0. The molecular weight excluding hydrogens is 299 g/mol. The Morgan fingerprint density at radius 2 is 2.05 bits per heavy atom. The predicted octanol–water partition coefficient (Wildman–Crippen LogP) is 4.46. The summed E-state index contributed by atoms with van der Waals surface area (Å²) in [5.41, 5.74) is 0.0406. The lowest BCUT2D eigenvalue weighted by atomic mass is 10.1. The summed E-state index contributed by atoms with van der Waals surface area (Å²) in [5, 5.41) is 0.606. The summed E-state index contributed by atoms with van der Waals surface area (Å²) in [6.45, 7) is 0. The van der Waals surface area contributed by atoms with Crippen LogP contribution in [0.4, 0.5) is 4.39 Å². The normalized spacial score (nSPS) is 10.3. The molecule has 0 heterocycles. The number of benzene rings is 2. The number of methoxy groups -OCH3 is 1. The van der Waals surface area contributed by atoms with Crippen molar-refractivity contribution < 1.29 is 13.9 Å². The maximum Gasteiger partial charge on any atom is 0.176 e. The van der Waals surface area contributed by atoms with E-state index in [0.29, 0.717) is 5.02 Å². The van der Waals surface area contributed by atoms with E-state index in [2.05, 4.69) is 0 Å². The van der Waals surface area contributed by atoms with Crippen LogP contribution in [-0.4, -0.2) is 18.6 Å². The highest BCUT2D eigenvalue weighted by molar-refractivity contribution is 8.00. The number of halogens is 2. The number of ether oxygens (including phenoxy) is 1. The third kappa shape index (κ3) is 3.52. The highest BCUT2D eigenvalue weighted by Crippen LogP contribution is 2.25. The Kier molecular flexibility index (Phi) is 5.04. The fourth-order valence-corrected chi connectivity index (χ4v) is 2.76. The Balaban J connectivity index is 2.09. The molecular formula is C15H12ClFO2S. The monoisotopic (exact) mass is 310 g/mol. The number of hydrogen-bond donors (Lipinski definition) is 0. The maximum atomic E-state index is 13.9. The minimum Gasteiger partial charge on any atom is -0.494 e. The summed E-state index contributed by atoms with van der Waals surface area (Å²) >= 11 is 7.19. The molecule has 20 heavy (non-hydrogen) atoms. The van der Waals surface area contributed by atoms with Gasteiger partial charge in [-0.1, -0.05) is 23.7 Å². The lowest BCUT2D eigenvalue weighted by Gasteiger charge is -2.06. The molecule has 0 bridgehead atoms. The molecule has 0 aliphatic rings. The van der Waals surface area contributed by atoms with Crippen molar-refractivity contribution in [3.8, 4) is 5.75 Å². The molecule has 0 aliphatic carbocycles. The van der Waals surface area contributed by atoms with Crippen molar-refractivity contribution in [1.29, 1.82) is 0 Å². The molecule has 0 aromatic heterocycles. The number of carbonyl (C=O) groups is 1. The second-order valence-electron chi connectivity index (χ2n) is 3.99. The van der Waals surface area contributed by atoms with E-state index in [4.69, 9.17) is 16.3 Å². The largest absolute Gasteiger partial charge is 0.494 e. The zero-order chi connectivity index (χ0) is 14.5. The summed E-state index contributed by atoms with van der Waals surface area (Å²) in [4.78, 5) is 12.9. The van der Waals surface area contributed by atoms with Gasteiger partial charge in [0, 0.05) is 9.92 Å². The van der Waals surface area contributed by atoms with Crippen LogP contribution in [0.3, 0.4) is 0 Å². The summed E-state index contributed by atoms with van der Waals surface area (Å²) < 4.78 is 18.8. The van der Waals surface area contributed by atoms with Gasteiger partial charge in [0.2, 0.25) is 0 Å². The van der Waals surface area contributed by atoms with Gasteiger partial charge in [0.25, 0.3) is 0 Å². The van der Waals surface area contributed by atoms with Gasteiger partial charge in [-0.25, -0.2) is 4.39 Å². The Morgan fingerprint density at radius 1 is 1.30 bits per heavy atom. The Hall–Kier alpha value is -1.52. The van der Waals surface area contributed by atoms with Crippen LogP contribution in [-0.2, 0) is 0 Å². The fourth-order valence-electron chi connectivity index (χ4n) is 1.67. The van der Waals surface area contributed by atoms with Gasteiger partial charge >= 0.3 is 0 Å². The summed E-state index contributed by atoms with van der Waals surface area (Å²) in [6, 6.07) is 11.7. The minimum absolute atomic E-state index is 0.0406. The van der Waals surface area contributed by atoms with Crippen molar-refractivity contribution in [2.75, 3.05) is 12.9 Å². The minimum atomic E-state index is -0.619. The van der Waals surface area contributed by atoms with Crippen LogP contribution in [0.15, 0.2) is 47.4 Å². The second-order valence-corrected chi connectivity index (χ2v) is 5.48. The van der Waals surface area contributed by atoms with E-state index in [9.17, 15) is 9.18 Å². The summed E-state index contributed by atoms with van der Waals surface area (Å²) in [7, 11) is 1.37. The van der Waals surface area contributed by atoms with Crippen molar-refractivity contribution in [1.82, 2.24) is 0 Å². The van der Waals surface area contributed by atoms with Crippen LogP contribution in [0, 0.1) is 5.82 Å². The van der Waals surface area contributed by atoms with E-state index in [1.807, 2.05) is 6.07 Å². The second kappa shape index (κ2) is 6.77. The summed E-state index contributed by atoms with van der Waals surface area (Å²) in [5.74, 6) is -0.688. The lowest BCUT2D eigenvalue weighted by molar-refractivity contribution is 0.101. The first kappa shape index (κ1) is 14.9. The molecule has 2 rings (SSSR count). The van der Waals surface area contributed by atoms with Gasteiger partial charge in [-0.2, -0.15) is 0 Å². The first-order chi connectivity index (χ1) is 9.61. The Morgan fingerprint density at radius 3 is 2.75 bits per heavy atom. The number of ketones is 1. The van der Waals surface area contributed by atoms with Gasteiger partial charge in [0.1, 0.15) is 0 Å². The van der Waals surface area contributed by atoms with Gasteiger partial charge in [-0.05, 0) is 30.3 Å². The molecule has 0 saturated heterocycles. The average molecular weight is 311 g/mol. The number of carbonyl (C=O) groups excluding carboxylic acids is 1. The van der Waals surface area contributed by atoms with Gasteiger partial charge in [-0.15, -0.1) is 11.8 Å². The molecule has 5 heteroatoms. The molecule has 0 aliphatic heterocycles. The van der Waals surface area contributed by atoms with Crippen LogP contribution in [0.2, 0.25) is 5.02 Å². The molecule has 0 N–H and O–H groups in total. The molecule has 104 valence electrons. The van der Waals surface area contributed by atoms with Gasteiger partial charge in [-0.3, -0.25) is 4.79 Å². The van der Waals surface area contributed by atoms with Crippen molar-refractivity contribution in [3.05, 3.63) is 58.9 Å². The van der Waals surface area contributed by atoms with Gasteiger partial charge in [0.05, 0.1) is 18.4 Å². The van der Waals surface area contributed by atoms with E-state index in [1.165, 1.54) is 31.0 Å². The quantitative estimate of drug-likeness (QED) is 0.602. The first-order valence-electron chi connectivity index (χ1n) is 5.86. The molecule has 0 amide bonds. The molecule has 0 fully saturated rings. The van der Waals surface area contributed by atoms with Crippen LogP contribution in [0.5, 0.6) is 5.75 Å². The molecule has 2 aromatic rings. The number of Topliss-reactive ketones (excluding diaryl/α,β-unsaturated/α-hetero) is 1. The highest BCUT2D eigenvalue weighted by atomic mass is 35.5. The standard InChI is InChI=1S/C15H12ClFO2S/c1-19-14-7-3-6-12(15(14)17)13(18)9-20-11-5-2-4-10(16)8-11/h2-8H,9H2,1H3. The molecule has 0 unspecified atom stereocenters. The molecule has 0 spiro atoms. The first-order valence-corrected chi connectivity index (χ1v) is 7.22. The number of rotatable bonds is 5. The highest BCUT2D eigenvalue weighted by Gasteiger charge is 2.15. The van der Waals surface area contributed by atoms with Crippen LogP contribution in [0.25, 0.3) is 0 Å². The topological polar surface area (TPSA) is 26.3 Å². The lowest BCUT2D eigenvalue weighted by Crippen LogP contribution is -2.06. The van der Waals surface area contributed by atoms with Crippen molar-refractivity contribution >= 4 is 29.1 Å². The van der Waals surface area contributed by atoms with E-state index >= 15 is 0 Å².